The molecule has 1 aliphatic heterocycles. The summed E-state index contributed by atoms with van der Waals surface area (Å²) in [5.41, 5.74) is 6.91. The highest BCUT2D eigenvalue weighted by Gasteiger charge is 2.24. The molecule has 8 heteroatoms. The Bertz CT molecular complexity index is 964. The Morgan fingerprint density at radius 2 is 2.17 bits per heavy atom. The predicted octanol–water partition coefficient (Wildman–Crippen LogP) is 3.88. The summed E-state index contributed by atoms with van der Waals surface area (Å²) in [6, 6.07) is 10.4. The average molecular weight is 412 g/mol. The number of benzene rings is 1. The average Bonchev–Trinajstić information content (AvgIpc) is 3.22. The number of nitrogens with zero attached hydrogens (tertiary/aromatic N) is 4. The Kier molecular flexibility index (Phi) is 6.03. The van der Waals surface area contributed by atoms with Crippen LogP contribution in [0.5, 0.6) is 5.75 Å². The fourth-order valence-electron chi connectivity index (χ4n) is 3.53. The molecule has 1 fully saturated rings. The topological polar surface area (TPSA) is 72.4 Å². The first-order valence-electron chi connectivity index (χ1n) is 9.60. The zero-order valence-electron chi connectivity index (χ0n) is 16.9. The Hall–Kier alpha value is -2.55. The molecule has 152 valence electrons. The molecule has 4 rings (SSSR count). The second kappa shape index (κ2) is 8.86. The van der Waals surface area contributed by atoms with Crippen LogP contribution in [0.25, 0.3) is 0 Å². The maximum atomic E-state index is 6.06. The van der Waals surface area contributed by atoms with Crippen LogP contribution in [-0.4, -0.2) is 46.9 Å². The smallest absolute Gasteiger partial charge is 0.209 e. The summed E-state index contributed by atoms with van der Waals surface area (Å²) < 4.78 is 11.6. The van der Waals surface area contributed by atoms with Gasteiger partial charge in [0, 0.05) is 36.6 Å². The zero-order chi connectivity index (χ0) is 20.2. The number of rotatable bonds is 6. The van der Waals surface area contributed by atoms with Crippen LogP contribution >= 0.6 is 11.3 Å². The van der Waals surface area contributed by atoms with E-state index in [0.29, 0.717) is 6.61 Å². The van der Waals surface area contributed by atoms with Crippen molar-refractivity contribution in [3.8, 4) is 5.75 Å². The first-order valence-corrected chi connectivity index (χ1v) is 10.5. The van der Waals surface area contributed by atoms with Gasteiger partial charge in [-0.2, -0.15) is 0 Å². The van der Waals surface area contributed by atoms with Crippen molar-refractivity contribution in [1.82, 2.24) is 20.1 Å². The lowest BCUT2D eigenvalue weighted by Gasteiger charge is -2.33. The number of aromatic nitrogens is 3. The lowest BCUT2D eigenvalue weighted by molar-refractivity contribution is -0.0351. The molecule has 0 saturated carbocycles. The van der Waals surface area contributed by atoms with Gasteiger partial charge in [0.25, 0.3) is 0 Å². The number of pyridine rings is 1. The maximum absolute atomic E-state index is 6.06. The first kappa shape index (κ1) is 19.8. The Labute approximate surface area is 174 Å². The minimum atomic E-state index is -0.0740. The normalized spacial score (nSPS) is 17.3. The highest BCUT2D eigenvalue weighted by molar-refractivity contribution is 7.13. The molecule has 29 heavy (non-hydrogen) atoms. The van der Waals surface area contributed by atoms with Crippen molar-refractivity contribution in [3.63, 3.8) is 0 Å². The third kappa shape index (κ3) is 4.90. The molecule has 0 amide bonds. The fraction of sp³-hybridized carbons (Fsp3) is 0.381. The van der Waals surface area contributed by atoms with Gasteiger partial charge in [-0.3, -0.25) is 9.88 Å². The molecular weight excluding hydrogens is 386 g/mol. The number of hydrogen-bond donors (Lipinski definition) is 1. The molecule has 2 aromatic heterocycles. The van der Waals surface area contributed by atoms with Crippen molar-refractivity contribution in [2.75, 3.05) is 32.1 Å². The van der Waals surface area contributed by atoms with E-state index in [1.807, 2.05) is 19.1 Å². The highest BCUT2D eigenvalue weighted by Crippen LogP contribution is 2.28. The molecule has 0 radical (unpaired) electrons. The number of anilines is 2. The van der Waals surface area contributed by atoms with Crippen LogP contribution in [-0.2, 0) is 11.3 Å². The van der Waals surface area contributed by atoms with Gasteiger partial charge in [0.1, 0.15) is 17.4 Å². The van der Waals surface area contributed by atoms with Crippen molar-refractivity contribution in [1.29, 1.82) is 0 Å². The second-order valence-electron chi connectivity index (χ2n) is 7.20. The molecule has 0 spiro atoms. The fourth-order valence-corrected chi connectivity index (χ4v) is 4.00. The summed E-state index contributed by atoms with van der Waals surface area (Å²) in [4.78, 5) is 7.12. The van der Waals surface area contributed by atoms with Crippen LogP contribution in [0, 0.1) is 13.8 Å². The van der Waals surface area contributed by atoms with Crippen LogP contribution < -0.4 is 10.1 Å². The van der Waals surface area contributed by atoms with Crippen LogP contribution in [0.3, 0.4) is 0 Å². The summed E-state index contributed by atoms with van der Waals surface area (Å²) in [7, 11) is 1.73. The van der Waals surface area contributed by atoms with Crippen LogP contribution in [0.1, 0.15) is 28.6 Å². The van der Waals surface area contributed by atoms with E-state index in [1.165, 1.54) is 22.5 Å². The van der Waals surface area contributed by atoms with E-state index in [2.05, 4.69) is 45.5 Å². The van der Waals surface area contributed by atoms with Gasteiger partial charge in [-0.05, 0) is 37.6 Å². The summed E-state index contributed by atoms with van der Waals surface area (Å²) in [5, 5.41) is 12.0. The number of morpholine rings is 1. The third-order valence-electron chi connectivity index (χ3n) is 4.90. The summed E-state index contributed by atoms with van der Waals surface area (Å²) >= 11 is 1.47. The molecule has 0 aliphatic carbocycles. The quantitative estimate of drug-likeness (QED) is 0.660. The van der Waals surface area contributed by atoms with E-state index in [9.17, 15) is 0 Å². The number of hydrogen-bond acceptors (Lipinski definition) is 8. The van der Waals surface area contributed by atoms with Gasteiger partial charge in [0.2, 0.25) is 5.13 Å². The van der Waals surface area contributed by atoms with Crippen molar-refractivity contribution in [2.45, 2.75) is 26.5 Å². The molecule has 1 saturated heterocycles. The van der Waals surface area contributed by atoms with Crippen molar-refractivity contribution < 1.29 is 9.47 Å². The van der Waals surface area contributed by atoms with Crippen molar-refractivity contribution >= 4 is 22.2 Å². The van der Waals surface area contributed by atoms with E-state index in [1.54, 1.807) is 12.6 Å². The first-order chi connectivity index (χ1) is 14.1. The van der Waals surface area contributed by atoms with E-state index in [0.717, 1.165) is 47.6 Å². The minimum absolute atomic E-state index is 0.0740. The number of aryl methyl sites for hydroxylation is 2. The van der Waals surface area contributed by atoms with Gasteiger partial charge in [-0.15, -0.1) is 10.2 Å². The monoisotopic (exact) mass is 411 g/mol. The second-order valence-corrected chi connectivity index (χ2v) is 8.03. The molecular formula is C21H25N5O2S. The van der Waals surface area contributed by atoms with Gasteiger partial charge in [-0.1, -0.05) is 23.5 Å². The van der Waals surface area contributed by atoms with Crippen LogP contribution in [0.2, 0.25) is 0 Å². The molecule has 3 heterocycles. The zero-order valence-corrected chi connectivity index (χ0v) is 17.7. The largest absolute Gasteiger partial charge is 0.496 e. The van der Waals surface area contributed by atoms with Crippen molar-refractivity contribution in [3.05, 3.63) is 58.4 Å². The standard InChI is InChI=1S/C21H25N5O2S/c1-14-4-5-16(19(8-14)27-3)11-26-6-7-28-20(12-26)18-10-17(9-15(2)23-18)24-21-25-22-13-29-21/h4-5,8-10,13,20H,6-7,11-12H2,1-3H3,(H,23,24,25)/t20-/m0/s1. The minimum Gasteiger partial charge on any atom is -0.496 e. The van der Waals surface area contributed by atoms with Gasteiger partial charge < -0.3 is 14.8 Å². The van der Waals surface area contributed by atoms with Crippen LogP contribution in [0.15, 0.2) is 35.8 Å². The Morgan fingerprint density at radius 3 is 2.97 bits per heavy atom. The van der Waals surface area contributed by atoms with Gasteiger partial charge in [0.15, 0.2) is 0 Å². The molecule has 1 aliphatic rings. The lowest BCUT2D eigenvalue weighted by atomic mass is 10.1. The maximum Gasteiger partial charge on any atom is 0.209 e. The van der Waals surface area contributed by atoms with Gasteiger partial charge in [-0.25, -0.2) is 0 Å². The highest BCUT2D eigenvalue weighted by atomic mass is 32.1. The molecule has 1 N–H and O–H groups in total. The molecule has 3 aromatic rings. The Morgan fingerprint density at radius 1 is 1.28 bits per heavy atom. The predicted molar refractivity (Wildman–Crippen MR) is 114 cm³/mol. The third-order valence-corrected chi connectivity index (χ3v) is 5.51. The van der Waals surface area contributed by atoms with Gasteiger partial charge >= 0.3 is 0 Å². The van der Waals surface area contributed by atoms with Crippen molar-refractivity contribution in [2.24, 2.45) is 0 Å². The van der Waals surface area contributed by atoms with Crippen LogP contribution in [0.4, 0.5) is 10.8 Å². The Balaban J connectivity index is 1.49. The van der Waals surface area contributed by atoms with E-state index in [-0.39, 0.29) is 6.10 Å². The summed E-state index contributed by atoms with van der Waals surface area (Å²) in [6.45, 7) is 7.24. The molecule has 1 atom stereocenters. The summed E-state index contributed by atoms with van der Waals surface area (Å²) in [6.07, 6.45) is -0.0740. The molecule has 0 unspecified atom stereocenters. The van der Waals surface area contributed by atoms with E-state index < -0.39 is 0 Å². The van der Waals surface area contributed by atoms with Gasteiger partial charge in [0.05, 0.1) is 19.4 Å². The molecule has 7 nitrogen and oxygen atoms in total. The number of ether oxygens (including phenoxy) is 2. The molecule has 0 bridgehead atoms. The number of nitrogens with one attached hydrogen (secondary N) is 1. The molecule has 1 aromatic carbocycles. The summed E-state index contributed by atoms with van der Waals surface area (Å²) in [5.74, 6) is 0.935. The lowest BCUT2D eigenvalue weighted by Crippen LogP contribution is -2.38. The van der Waals surface area contributed by atoms with E-state index >= 15 is 0 Å². The SMILES string of the molecule is COc1cc(C)ccc1CN1CCO[C@H](c2cc(Nc3nncs3)cc(C)n2)C1. The van der Waals surface area contributed by atoms with E-state index in [4.69, 9.17) is 14.5 Å². The number of methoxy groups -OCH3 is 1.